The third kappa shape index (κ3) is 2.41. The van der Waals surface area contributed by atoms with Crippen molar-refractivity contribution in [1.82, 2.24) is 0 Å². The minimum absolute atomic E-state index is 0.130. The highest BCUT2D eigenvalue weighted by Gasteiger charge is 2.43. The van der Waals surface area contributed by atoms with Gasteiger partial charge in [0.1, 0.15) is 11.5 Å². The lowest BCUT2D eigenvalue weighted by Crippen LogP contribution is -2.47. The van der Waals surface area contributed by atoms with Crippen LogP contribution in [0.4, 0.5) is 15.8 Å². The summed E-state index contributed by atoms with van der Waals surface area (Å²) in [6.07, 6.45) is 2.20. The van der Waals surface area contributed by atoms with Crippen molar-refractivity contribution in [3.05, 3.63) is 34.1 Å². The number of carbonyl (C=O) groups excluding carboxylic acids is 1. The molecule has 0 atom stereocenters. The van der Waals surface area contributed by atoms with Crippen LogP contribution in [-0.2, 0) is 4.79 Å². The van der Waals surface area contributed by atoms with Gasteiger partial charge in [-0.25, -0.2) is 4.39 Å². The van der Waals surface area contributed by atoms with E-state index in [9.17, 15) is 19.3 Å². The van der Waals surface area contributed by atoms with Gasteiger partial charge in [-0.15, -0.1) is 0 Å². The fourth-order valence-corrected chi connectivity index (χ4v) is 2.15. The first-order valence-electron chi connectivity index (χ1n) is 5.94. The molecule has 7 heteroatoms. The number of nitrogens with two attached hydrogens (primary N) is 1. The second-order valence-electron chi connectivity index (χ2n) is 4.71. The lowest BCUT2D eigenvalue weighted by molar-refractivity contribution is -0.384. The first kappa shape index (κ1) is 13.4. The average molecular weight is 267 g/mol. The molecule has 0 saturated heterocycles. The Bertz CT molecular complexity index is 523. The number of hydrogen-bond acceptors (Lipinski definition) is 4. The third-order valence-electron chi connectivity index (χ3n) is 3.59. The summed E-state index contributed by atoms with van der Waals surface area (Å²) in [5.41, 5.74) is 4.45. The molecule has 1 aromatic carbocycles. The SMILES string of the molecule is NCC1(C(=O)Nc2cc(F)ccc2[N+](=O)[O-])CCC1. The van der Waals surface area contributed by atoms with Crippen LogP contribution in [-0.4, -0.2) is 17.4 Å². The second-order valence-corrected chi connectivity index (χ2v) is 4.71. The van der Waals surface area contributed by atoms with Gasteiger partial charge in [-0.2, -0.15) is 0 Å². The molecule has 0 bridgehead atoms. The number of hydrogen-bond donors (Lipinski definition) is 2. The van der Waals surface area contributed by atoms with E-state index in [-0.39, 0.29) is 23.8 Å². The zero-order chi connectivity index (χ0) is 14.0. The molecule has 6 nitrogen and oxygen atoms in total. The van der Waals surface area contributed by atoms with Gasteiger partial charge >= 0.3 is 0 Å². The molecule has 102 valence electrons. The first-order valence-corrected chi connectivity index (χ1v) is 5.94. The average Bonchev–Trinajstić information content (AvgIpc) is 2.27. The number of anilines is 1. The standard InChI is InChI=1S/C12H14FN3O3/c13-8-2-3-10(16(18)19)9(6-8)15-11(17)12(7-14)4-1-5-12/h2-3,6H,1,4-5,7,14H2,(H,15,17). The van der Waals surface area contributed by atoms with Gasteiger partial charge in [-0.05, 0) is 18.9 Å². The van der Waals surface area contributed by atoms with Gasteiger partial charge in [0.2, 0.25) is 5.91 Å². The quantitative estimate of drug-likeness (QED) is 0.642. The lowest BCUT2D eigenvalue weighted by atomic mass is 9.68. The molecule has 1 aliphatic rings. The molecule has 0 spiro atoms. The zero-order valence-electron chi connectivity index (χ0n) is 10.2. The highest BCUT2D eigenvalue weighted by atomic mass is 19.1. The van der Waals surface area contributed by atoms with E-state index in [1.807, 2.05) is 0 Å². The zero-order valence-corrected chi connectivity index (χ0v) is 10.2. The maximum absolute atomic E-state index is 13.1. The maximum Gasteiger partial charge on any atom is 0.292 e. The summed E-state index contributed by atoms with van der Waals surface area (Å²) in [5, 5.41) is 13.3. The van der Waals surface area contributed by atoms with Crippen LogP contribution in [0.2, 0.25) is 0 Å². The Morgan fingerprint density at radius 2 is 2.21 bits per heavy atom. The highest BCUT2D eigenvalue weighted by molar-refractivity contribution is 5.97. The number of nitro benzene ring substituents is 1. The van der Waals surface area contributed by atoms with Crippen molar-refractivity contribution in [3.8, 4) is 0 Å². The van der Waals surface area contributed by atoms with Crippen molar-refractivity contribution < 1.29 is 14.1 Å². The van der Waals surface area contributed by atoms with E-state index in [1.165, 1.54) is 0 Å². The largest absolute Gasteiger partial charge is 0.329 e. The Labute approximate surface area is 108 Å². The van der Waals surface area contributed by atoms with Crippen molar-refractivity contribution in [2.75, 3.05) is 11.9 Å². The Hall–Kier alpha value is -2.02. The Morgan fingerprint density at radius 1 is 1.53 bits per heavy atom. The number of nitro groups is 1. The summed E-state index contributed by atoms with van der Waals surface area (Å²) < 4.78 is 13.1. The number of amides is 1. The summed E-state index contributed by atoms with van der Waals surface area (Å²) in [6.45, 7) is 0.182. The van der Waals surface area contributed by atoms with Gasteiger partial charge in [0.15, 0.2) is 0 Å². The molecule has 0 unspecified atom stereocenters. The molecular weight excluding hydrogens is 253 g/mol. The molecule has 0 radical (unpaired) electrons. The van der Waals surface area contributed by atoms with Crippen molar-refractivity contribution in [3.63, 3.8) is 0 Å². The van der Waals surface area contributed by atoms with E-state index in [0.29, 0.717) is 12.8 Å². The Morgan fingerprint density at radius 3 is 2.68 bits per heavy atom. The van der Waals surface area contributed by atoms with Gasteiger partial charge in [0, 0.05) is 18.7 Å². The van der Waals surface area contributed by atoms with Crippen LogP contribution in [0.25, 0.3) is 0 Å². The van der Waals surface area contributed by atoms with E-state index in [2.05, 4.69) is 5.32 Å². The number of nitrogens with zero attached hydrogens (tertiary/aromatic N) is 1. The minimum atomic E-state index is -0.666. The predicted octanol–water partition coefficient (Wildman–Crippen LogP) is 1.80. The molecule has 0 aromatic heterocycles. The molecule has 0 aliphatic heterocycles. The lowest BCUT2D eigenvalue weighted by Gasteiger charge is -2.38. The summed E-state index contributed by atoms with van der Waals surface area (Å²) in [7, 11) is 0. The van der Waals surface area contributed by atoms with E-state index in [0.717, 1.165) is 24.6 Å². The first-order chi connectivity index (χ1) is 8.98. The third-order valence-corrected chi connectivity index (χ3v) is 3.59. The molecule has 19 heavy (non-hydrogen) atoms. The number of nitrogens with one attached hydrogen (secondary N) is 1. The molecule has 1 fully saturated rings. The van der Waals surface area contributed by atoms with Crippen LogP contribution in [0.3, 0.4) is 0 Å². The molecule has 0 heterocycles. The molecule has 3 N–H and O–H groups in total. The number of carbonyl (C=O) groups is 1. The van der Waals surface area contributed by atoms with E-state index in [1.54, 1.807) is 0 Å². The molecule has 1 aliphatic carbocycles. The topological polar surface area (TPSA) is 98.3 Å². The summed E-state index contributed by atoms with van der Waals surface area (Å²) in [5.74, 6) is -1.02. The van der Waals surface area contributed by atoms with Crippen LogP contribution < -0.4 is 11.1 Å². The Balaban J connectivity index is 2.25. The molecule has 1 aromatic rings. The van der Waals surface area contributed by atoms with Crippen LogP contribution in [0, 0.1) is 21.3 Å². The fourth-order valence-electron chi connectivity index (χ4n) is 2.15. The van der Waals surface area contributed by atoms with E-state index < -0.39 is 16.2 Å². The highest BCUT2D eigenvalue weighted by Crippen LogP contribution is 2.41. The molecular formula is C12H14FN3O3. The Kier molecular flexibility index (Phi) is 3.48. The van der Waals surface area contributed by atoms with Gasteiger partial charge in [-0.3, -0.25) is 14.9 Å². The summed E-state index contributed by atoms with van der Waals surface area (Å²) in [4.78, 5) is 22.3. The van der Waals surface area contributed by atoms with Crippen LogP contribution in [0.5, 0.6) is 0 Å². The molecule has 1 amide bonds. The second kappa shape index (κ2) is 4.93. The monoisotopic (exact) mass is 267 g/mol. The normalized spacial score (nSPS) is 16.5. The molecule has 2 rings (SSSR count). The van der Waals surface area contributed by atoms with Crippen molar-refractivity contribution >= 4 is 17.3 Å². The fraction of sp³-hybridized carbons (Fsp3) is 0.417. The van der Waals surface area contributed by atoms with Gasteiger partial charge in [0.25, 0.3) is 5.69 Å². The maximum atomic E-state index is 13.1. The van der Waals surface area contributed by atoms with E-state index >= 15 is 0 Å². The number of rotatable bonds is 4. The van der Waals surface area contributed by atoms with Crippen molar-refractivity contribution in [2.24, 2.45) is 11.1 Å². The smallest absolute Gasteiger partial charge is 0.292 e. The van der Waals surface area contributed by atoms with Gasteiger partial charge in [0.05, 0.1) is 10.3 Å². The summed E-state index contributed by atoms with van der Waals surface area (Å²) >= 11 is 0. The van der Waals surface area contributed by atoms with Crippen LogP contribution >= 0.6 is 0 Å². The summed E-state index contributed by atoms with van der Waals surface area (Å²) in [6, 6.07) is 2.95. The number of halogens is 1. The van der Waals surface area contributed by atoms with Crippen LogP contribution in [0.15, 0.2) is 18.2 Å². The van der Waals surface area contributed by atoms with Crippen molar-refractivity contribution in [2.45, 2.75) is 19.3 Å². The predicted molar refractivity (Wildman–Crippen MR) is 67.0 cm³/mol. The van der Waals surface area contributed by atoms with Crippen LogP contribution in [0.1, 0.15) is 19.3 Å². The van der Waals surface area contributed by atoms with Crippen molar-refractivity contribution in [1.29, 1.82) is 0 Å². The number of benzene rings is 1. The van der Waals surface area contributed by atoms with Gasteiger partial charge < -0.3 is 11.1 Å². The van der Waals surface area contributed by atoms with Gasteiger partial charge in [-0.1, -0.05) is 6.42 Å². The minimum Gasteiger partial charge on any atom is -0.329 e. The molecule has 1 saturated carbocycles. The van der Waals surface area contributed by atoms with E-state index in [4.69, 9.17) is 5.73 Å².